The van der Waals surface area contributed by atoms with Gasteiger partial charge in [-0.05, 0) is 12.8 Å². The van der Waals surface area contributed by atoms with Crippen LogP contribution in [0.15, 0.2) is 0 Å². The molecule has 98 valence electrons. The SMILES string of the molecule is CCCCCN(CCCCC)C(O)(O)CC. The van der Waals surface area contributed by atoms with E-state index >= 15 is 0 Å². The van der Waals surface area contributed by atoms with Crippen molar-refractivity contribution in [3.63, 3.8) is 0 Å². The van der Waals surface area contributed by atoms with Gasteiger partial charge in [0.25, 0.3) is 0 Å². The van der Waals surface area contributed by atoms with Gasteiger partial charge in [-0.3, -0.25) is 4.90 Å². The molecule has 0 aliphatic heterocycles. The molecular weight excluding hydrogens is 202 g/mol. The van der Waals surface area contributed by atoms with Crippen molar-refractivity contribution in [1.82, 2.24) is 4.90 Å². The van der Waals surface area contributed by atoms with Crippen molar-refractivity contribution in [1.29, 1.82) is 0 Å². The van der Waals surface area contributed by atoms with Crippen LogP contribution in [-0.4, -0.2) is 34.1 Å². The summed E-state index contributed by atoms with van der Waals surface area (Å²) in [4.78, 5) is 1.82. The number of rotatable bonds is 10. The van der Waals surface area contributed by atoms with Crippen LogP contribution in [0.5, 0.6) is 0 Å². The fourth-order valence-corrected chi connectivity index (χ4v) is 1.80. The van der Waals surface area contributed by atoms with E-state index in [0.29, 0.717) is 6.42 Å². The van der Waals surface area contributed by atoms with E-state index in [1.807, 2.05) is 11.8 Å². The maximum Gasteiger partial charge on any atom is 0.224 e. The van der Waals surface area contributed by atoms with E-state index in [0.717, 1.165) is 38.8 Å². The lowest BCUT2D eigenvalue weighted by atomic mass is 10.2. The Labute approximate surface area is 100 Å². The van der Waals surface area contributed by atoms with Crippen LogP contribution < -0.4 is 0 Å². The van der Waals surface area contributed by atoms with E-state index in [2.05, 4.69) is 13.8 Å². The Hall–Kier alpha value is -0.120. The van der Waals surface area contributed by atoms with Gasteiger partial charge in [0, 0.05) is 19.5 Å². The molecule has 0 aliphatic rings. The van der Waals surface area contributed by atoms with Crippen molar-refractivity contribution in [2.75, 3.05) is 13.1 Å². The average Bonchev–Trinajstić information content (AvgIpc) is 2.27. The molecule has 0 aromatic heterocycles. The molecule has 0 fully saturated rings. The second kappa shape index (κ2) is 8.97. The van der Waals surface area contributed by atoms with Gasteiger partial charge in [-0.1, -0.05) is 46.5 Å². The summed E-state index contributed by atoms with van der Waals surface area (Å²) < 4.78 is 0. The maximum absolute atomic E-state index is 9.86. The summed E-state index contributed by atoms with van der Waals surface area (Å²) in [7, 11) is 0. The van der Waals surface area contributed by atoms with Crippen molar-refractivity contribution in [3.05, 3.63) is 0 Å². The van der Waals surface area contributed by atoms with E-state index < -0.39 is 5.91 Å². The van der Waals surface area contributed by atoms with Crippen molar-refractivity contribution in [3.8, 4) is 0 Å². The highest BCUT2D eigenvalue weighted by atomic mass is 16.5. The van der Waals surface area contributed by atoms with Crippen LogP contribution in [-0.2, 0) is 0 Å². The zero-order chi connectivity index (χ0) is 12.4. The zero-order valence-corrected chi connectivity index (χ0v) is 11.2. The molecule has 0 saturated heterocycles. The van der Waals surface area contributed by atoms with E-state index in [4.69, 9.17) is 0 Å². The molecule has 3 nitrogen and oxygen atoms in total. The summed E-state index contributed by atoms with van der Waals surface area (Å²) in [6.07, 6.45) is 7.11. The van der Waals surface area contributed by atoms with Gasteiger partial charge in [-0.2, -0.15) is 0 Å². The van der Waals surface area contributed by atoms with Gasteiger partial charge in [-0.15, -0.1) is 0 Å². The molecular formula is C13H29NO2. The Morgan fingerprint density at radius 2 is 1.25 bits per heavy atom. The van der Waals surface area contributed by atoms with Crippen molar-refractivity contribution < 1.29 is 10.2 Å². The Morgan fingerprint density at radius 3 is 1.56 bits per heavy atom. The van der Waals surface area contributed by atoms with Crippen LogP contribution in [0.4, 0.5) is 0 Å². The van der Waals surface area contributed by atoms with Gasteiger partial charge in [0.2, 0.25) is 5.91 Å². The van der Waals surface area contributed by atoms with Gasteiger partial charge in [0.05, 0.1) is 0 Å². The molecule has 0 bridgehead atoms. The van der Waals surface area contributed by atoms with Crippen LogP contribution >= 0.6 is 0 Å². The molecule has 2 N–H and O–H groups in total. The second-order valence-corrected chi connectivity index (χ2v) is 4.53. The van der Waals surface area contributed by atoms with Gasteiger partial charge in [0.1, 0.15) is 0 Å². The third-order valence-corrected chi connectivity index (χ3v) is 3.04. The molecule has 0 saturated carbocycles. The molecule has 0 aliphatic carbocycles. The predicted molar refractivity (Wildman–Crippen MR) is 68.1 cm³/mol. The Bertz CT molecular complexity index is 150. The number of unbranched alkanes of at least 4 members (excludes halogenated alkanes) is 4. The molecule has 0 atom stereocenters. The highest BCUT2D eigenvalue weighted by Gasteiger charge is 2.28. The third-order valence-electron chi connectivity index (χ3n) is 3.04. The summed E-state index contributed by atoms with van der Waals surface area (Å²) >= 11 is 0. The molecule has 16 heavy (non-hydrogen) atoms. The predicted octanol–water partition coefficient (Wildman–Crippen LogP) is 2.72. The van der Waals surface area contributed by atoms with E-state index in [9.17, 15) is 10.2 Å². The molecule has 0 radical (unpaired) electrons. The lowest BCUT2D eigenvalue weighted by molar-refractivity contribution is -0.265. The largest absolute Gasteiger partial charge is 0.353 e. The van der Waals surface area contributed by atoms with Gasteiger partial charge in [-0.25, -0.2) is 0 Å². The quantitative estimate of drug-likeness (QED) is 0.449. The van der Waals surface area contributed by atoms with Crippen LogP contribution in [0.2, 0.25) is 0 Å². The smallest absolute Gasteiger partial charge is 0.224 e. The average molecular weight is 231 g/mol. The first-order chi connectivity index (χ1) is 7.58. The fourth-order valence-electron chi connectivity index (χ4n) is 1.80. The minimum Gasteiger partial charge on any atom is -0.353 e. The Morgan fingerprint density at radius 1 is 0.812 bits per heavy atom. The maximum atomic E-state index is 9.86. The van der Waals surface area contributed by atoms with Crippen molar-refractivity contribution in [2.45, 2.75) is 71.6 Å². The number of nitrogens with zero attached hydrogens (tertiary/aromatic N) is 1. The Balaban J connectivity index is 4.05. The van der Waals surface area contributed by atoms with Crippen LogP contribution in [0.1, 0.15) is 65.7 Å². The Kier molecular flexibility index (Phi) is 8.90. The normalized spacial score (nSPS) is 12.4. The lowest BCUT2D eigenvalue weighted by Crippen LogP contribution is -2.49. The molecule has 0 amide bonds. The van der Waals surface area contributed by atoms with Crippen LogP contribution in [0, 0.1) is 0 Å². The summed E-state index contributed by atoms with van der Waals surface area (Å²) in [6.45, 7) is 7.71. The van der Waals surface area contributed by atoms with E-state index in [1.165, 1.54) is 12.8 Å². The number of aliphatic hydroxyl groups is 2. The topological polar surface area (TPSA) is 43.7 Å². The molecule has 0 unspecified atom stereocenters. The van der Waals surface area contributed by atoms with Crippen molar-refractivity contribution in [2.24, 2.45) is 0 Å². The molecule has 0 aromatic carbocycles. The summed E-state index contributed by atoms with van der Waals surface area (Å²) in [5.41, 5.74) is 0. The lowest BCUT2D eigenvalue weighted by Gasteiger charge is -2.34. The molecule has 3 heteroatoms. The van der Waals surface area contributed by atoms with E-state index in [1.54, 1.807) is 0 Å². The standard InChI is InChI=1S/C13H29NO2/c1-4-7-9-11-14(12-10-8-5-2)13(15,16)6-3/h15-16H,4-12H2,1-3H3. The van der Waals surface area contributed by atoms with Crippen LogP contribution in [0.25, 0.3) is 0 Å². The first-order valence-corrected chi connectivity index (χ1v) is 6.78. The summed E-state index contributed by atoms with van der Waals surface area (Å²) in [5, 5.41) is 19.7. The minimum absolute atomic E-state index is 0.366. The number of hydrogen-bond donors (Lipinski definition) is 2. The number of hydrogen-bond acceptors (Lipinski definition) is 3. The van der Waals surface area contributed by atoms with Crippen LogP contribution in [0.3, 0.4) is 0 Å². The summed E-state index contributed by atoms with van der Waals surface area (Å²) in [5.74, 6) is -1.61. The zero-order valence-electron chi connectivity index (χ0n) is 11.2. The highest BCUT2D eigenvalue weighted by Crippen LogP contribution is 2.15. The first kappa shape index (κ1) is 15.9. The van der Waals surface area contributed by atoms with Crippen molar-refractivity contribution >= 4 is 0 Å². The molecule has 0 rings (SSSR count). The fraction of sp³-hybridized carbons (Fsp3) is 1.00. The molecule has 0 aromatic rings. The molecule has 0 heterocycles. The minimum atomic E-state index is -1.61. The molecule has 0 spiro atoms. The first-order valence-electron chi connectivity index (χ1n) is 6.78. The van der Waals surface area contributed by atoms with E-state index in [-0.39, 0.29) is 0 Å². The van der Waals surface area contributed by atoms with Gasteiger partial charge < -0.3 is 10.2 Å². The van der Waals surface area contributed by atoms with Gasteiger partial charge in [0.15, 0.2) is 0 Å². The summed E-state index contributed by atoms with van der Waals surface area (Å²) in [6, 6.07) is 0. The highest BCUT2D eigenvalue weighted by molar-refractivity contribution is 4.67. The third kappa shape index (κ3) is 6.46. The monoisotopic (exact) mass is 231 g/mol. The second-order valence-electron chi connectivity index (χ2n) is 4.53. The van der Waals surface area contributed by atoms with Gasteiger partial charge >= 0.3 is 0 Å².